The van der Waals surface area contributed by atoms with Crippen molar-refractivity contribution in [2.75, 3.05) is 5.32 Å². The first-order valence-electron chi connectivity index (χ1n) is 8.80. The number of esters is 1. The van der Waals surface area contributed by atoms with Crippen molar-refractivity contribution in [3.63, 3.8) is 0 Å². The second kappa shape index (κ2) is 9.19. The van der Waals surface area contributed by atoms with E-state index in [9.17, 15) is 4.79 Å². The van der Waals surface area contributed by atoms with E-state index in [2.05, 4.69) is 10.3 Å². The van der Waals surface area contributed by atoms with Crippen LogP contribution in [-0.4, -0.2) is 17.1 Å². The zero-order valence-electron chi connectivity index (χ0n) is 15.3. The molecule has 3 aromatic rings. The minimum atomic E-state index is -0.629. The maximum absolute atomic E-state index is 12.3. The topological polar surface area (TPSA) is 60.5 Å². The molecular weight excluding hydrogens is 360 g/mol. The summed E-state index contributed by atoms with van der Waals surface area (Å²) in [5.41, 5.74) is 2.88. The smallest absolute Gasteiger partial charge is 0.347 e. The molecule has 1 atom stereocenters. The monoisotopic (exact) mass is 382 g/mol. The van der Waals surface area contributed by atoms with Gasteiger partial charge in [0.05, 0.1) is 5.69 Å². The lowest BCUT2D eigenvalue weighted by Gasteiger charge is -2.16. The van der Waals surface area contributed by atoms with Crippen molar-refractivity contribution >= 4 is 28.1 Å². The Morgan fingerprint density at radius 2 is 1.89 bits per heavy atom. The van der Waals surface area contributed by atoms with E-state index in [4.69, 9.17) is 9.47 Å². The second-order valence-electron chi connectivity index (χ2n) is 6.07. The molecule has 0 radical (unpaired) electrons. The summed E-state index contributed by atoms with van der Waals surface area (Å²) in [7, 11) is 0. The van der Waals surface area contributed by atoms with E-state index in [0.29, 0.717) is 17.9 Å². The van der Waals surface area contributed by atoms with Gasteiger partial charge in [-0.2, -0.15) is 0 Å². The van der Waals surface area contributed by atoms with Gasteiger partial charge >= 0.3 is 5.97 Å². The zero-order valence-corrected chi connectivity index (χ0v) is 16.2. The lowest BCUT2D eigenvalue weighted by Crippen LogP contribution is -2.28. The van der Waals surface area contributed by atoms with E-state index >= 15 is 0 Å². The number of hydrogen-bond donors (Lipinski definition) is 1. The molecule has 0 unspecified atom stereocenters. The number of carbonyl (C=O) groups is 1. The number of carbonyl (C=O) groups excluding carboxylic acids is 1. The van der Waals surface area contributed by atoms with Gasteiger partial charge in [-0.1, -0.05) is 42.8 Å². The van der Waals surface area contributed by atoms with Crippen molar-refractivity contribution in [2.45, 2.75) is 33.0 Å². The third-order valence-electron chi connectivity index (χ3n) is 3.87. The van der Waals surface area contributed by atoms with Gasteiger partial charge in [0.25, 0.3) is 0 Å². The summed E-state index contributed by atoms with van der Waals surface area (Å²) in [6.45, 7) is 4.06. The lowest BCUT2D eigenvalue weighted by atomic mass is 10.2. The summed E-state index contributed by atoms with van der Waals surface area (Å²) >= 11 is 1.47. The molecule has 1 aromatic heterocycles. The second-order valence-corrected chi connectivity index (χ2v) is 6.93. The number of aryl methyl sites for hydroxylation is 1. The summed E-state index contributed by atoms with van der Waals surface area (Å²) < 4.78 is 11.1. The normalized spacial score (nSPS) is 11.6. The highest BCUT2D eigenvalue weighted by Crippen LogP contribution is 2.22. The van der Waals surface area contributed by atoms with Crippen molar-refractivity contribution in [1.29, 1.82) is 0 Å². The standard InChI is InChI=1S/C21H22N2O3S/c1-3-19(26-18-7-5-4-6-8-18)20(24)25-13-17-14-27-21(23-17)22-16-11-9-15(2)10-12-16/h4-12,14,19H,3,13H2,1-2H3,(H,22,23)/t19-/m0/s1. The van der Waals surface area contributed by atoms with Gasteiger partial charge in [-0.15, -0.1) is 11.3 Å². The predicted molar refractivity (Wildman–Crippen MR) is 108 cm³/mol. The fourth-order valence-corrected chi connectivity index (χ4v) is 3.11. The number of benzene rings is 2. The van der Waals surface area contributed by atoms with E-state index < -0.39 is 6.10 Å². The average molecular weight is 382 g/mol. The number of anilines is 2. The first kappa shape index (κ1) is 18.9. The number of rotatable bonds is 8. The molecular formula is C21H22N2O3S. The molecule has 3 rings (SSSR count). The number of thiazole rings is 1. The van der Waals surface area contributed by atoms with E-state index in [1.165, 1.54) is 16.9 Å². The fourth-order valence-electron chi connectivity index (χ4n) is 2.39. The van der Waals surface area contributed by atoms with Crippen LogP contribution in [0.4, 0.5) is 10.8 Å². The van der Waals surface area contributed by atoms with Gasteiger partial charge in [-0.05, 0) is 37.6 Å². The molecule has 2 aromatic carbocycles. The summed E-state index contributed by atoms with van der Waals surface area (Å²) in [4.78, 5) is 16.8. The maximum Gasteiger partial charge on any atom is 0.347 e. The number of nitrogens with one attached hydrogen (secondary N) is 1. The van der Waals surface area contributed by atoms with Gasteiger partial charge in [-0.25, -0.2) is 9.78 Å². The number of para-hydroxylation sites is 1. The van der Waals surface area contributed by atoms with E-state index in [0.717, 1.165) is 10.8 Å². The van der Waals surface area contributed by atoms with Crippen LogP contribution in [0.5, 0.6) is 5.75 Å². The number of hydrogen-bond acceptors (Lipinski definition) is 6. The summed E-state index contributed by atoms with van der Waals surface area (Å²) in [5.74, 6) is 0.266. The summed E-state index contributed by atoms with van der Waals surface area (Å²) in [6, 6.07) is 17.4. The van der Waals surface area contributed by atoms with Gasteiger partial charge in [0.1, 0.15) is 12.4 Å². The third kappa shape index (κ3) is 5.56. The molecule has 0 saturated heterocycles. The van der Waals surface area contributed by atoms with Crippen LogP contribution < -0.4 is 10.1 Å². The minimum absolute atomic E-state index is 0.125. The van der Waals surface area contributed by atoms with E-state index in [-0.39, 0.29) is 12.6 Å². The van der Waals surface area contributed by atoms with Crippen LogP contribution in [0.25, 0.3) is 0 Å². The number of ether oxygens (including phenoxy) is 2. The molecule has 1 N–H and O–H groups in total. The number of nitrogens with zero attached hydrogens (tertiary/aromatic N) is 1. The molecule has 0 spiro atoms. The molecule has 140 valence electrons. The average Bonchev–Trinajstić information content (AvgIpc) is 3.14. The lowest BCUT2D eigenvalue weighted by molar-refractivity contribution is -0.153. The Balaban J connectivity index is 1.52. The van der Waals surface area contributed by atoms with Crippen LogP contribution in [0.2, 0.25) is 0 Å². The van der Waals surface area contributed by atoms with Crippen molar-refractivity contribution < 1.29 is 14.3 Å². The van der Waals surface area contributed by atoms with E-state index in [1.807, 2.05) is 73.8 Å². The van der Waals surface area contributed by atoms with Crippen LogP contribution in [-0.2, 0) is 16.1 Å². The predicted octanol–water partition coefficient (Wildman–Crippen LogP) is 5.10. The molecule has 5 nitrogen and oxygen atoms in total. The highest BCUT2D eigenvalue weighted by atomic mass is 32.1. The molecule has 1 heterocycles. The number of aromatic nitrogens is 1. The Morgan fingerprint density at radius 3 is 2.59 bits per heavy atom. The molecule has 0 fully saturated rings. The molecule has 27 heavy (non-hydrogen) atoms. The van der Waals surface area contributed by atoms with Crippen molar-refractivity contribution in [3.05, 3.63) is 71.2 Å². The van der Waals surface area contributed by atoms with Gasteiger partial charge < -0.3 is 14.8 Å². The first-order chi connectivity index (χ1) is 13.1. The van der Waals surface area contributed by atoms with Crippen LogP contribution >= 0.6 is 11.3 Å². The molecule has 0 bridgehead atoms. The molecule has 0 saturated carbocycles. The Kier molecular flexibility index (Phi) is 6.44. The zero-order chi connectivity index (χ0) is 19.1. The van der Waals surface area contributed by atoms with Crippen LogP contribution in [0.3, 0.4) is 0 Å². The van der Waals surface area contributed by atoms with Crippen molar-refractivity contribution in [3.8, 4) is 5.75 Å². The van der Waals surface area contributed by atoms with Gasteiger partial charge in [0, 0.05) is 11.1 Å². The van der Waals surface area contributed by atoms with Crippen LogP contribution in [0.1, 0.15) is 24.6 Å². The Bertz CT molecular complexity index is 863. The maximum atomic E-state index is 12.3. The highest BCUT2D eigenvalue weighted by molar-refractivity contribution is 7.13. The molecule has 6 heteroatoms. The summed E-state index contributed by atoms with van der Waals surface area (Å²) in [6.07, 6.45) is -0.0958. The SMILES string of the molecule is CC[C@H](Oc1ccccc1)C(=O)OCc1csc(Nc2ccc(C)cc2)n1. The highest BCUT2D eigenvalue weighted by Gasteiger charge is 2.20. The molecule has 0 aliphatic carbocycles. The Morgan fingerprint density at radius 1 is 1.15 bits per heavy atom. The van der Waals surface area contributed by atoms with Gasteiger partial charge in [-0.3, -0.25) is 0 Å². The third-order valence-corrected chi connectivity index (χ3v) is 4.68. The van der Waals surface area contributed by atoms with Crippen LogP contribution in [0.15, 0.2) is 60.0 Å². The molecule has 0 aliphatic heterocycles. The largest absolute Gasteiger partial charge is 0.479 e. The minimum Gasteiger partial charge on any atom is -0.479 e. The quantitative estimate of drug-likeness (QED) is 0.550. The molecule has 0 aliphatic rings. The van der Waals surface area contributed by atoms with Gasteiger partial charge in [0.2, 0.25) is 0 Å². The first-order valence-corrected chi connectivity index (χ1v) is 9.68. The van der Waals surface area contributed by atoms with Crippen molar-refractivity contribution in [2.24, 2.45) is 0 Å². The summed E-state index contributed by atoms with van der Waals surface area (Å²) in [5, 5.41) is 5.89. The Labute approximate surface area is 163 Å². The fraction of sp³-hybridized carbons (Fsp3) is 0.238. The van der Waals surface area contributed by atoms with Crippen LogP contribution in [0, 0.1) is 6.92 Å². The Hall–Kier alpha value is -2.86. The van der Waals surface area contributed by atoms with Gasteiger partial charge in [0.15, 0.2) is 11.2 Å². The van der Waals surface area contributed by atoms with E-state index in [1.54, 1.807) is 0 Å². The van der Waals surface area contributed by atoms with Crippen molar-refractivity contribution in [1.82, 2.24) is 4.98 Å². The molecule has 0 amide bonds.